The minimum Gasteiger partial charge on any atom is -0.370 e. The third kappa shape index (κ3) is 6.84. The predicted molar refractivity (Wildman–Crippen MR) is 114 cm³/mol. The molecule has 1 amide bonds. The molecule has 1 atom stereocenters. The first-order valence-electron chi connectivity index (χ1n) is 8.94. The number of aliphatic imine (C=N–C) groups is 1. The Morgan fingerprint density at radius 2 is 1.92 bits per heavy atom. The molecular formula is C19H31IN4O. The molecule has 3 N–H and O–H groups in total. The molecule has 0 aliphatic carbocycles. The standard InChI is InChI=1S/C19H30N4O.HI/c1-4-15(3)22-18(24)17-7-5-16(6-8-17)13-21-19(20)23-11-9-14(2)10-12-23;/h5-8,14-15H,4,9-13H2,1-3H3,(H2,20,21)(H,22,24);1H. The van der Waals surface area contributed by atoms with Crippen molar-refractivity contribution in [3.63, 3.8) is 0 Å². The zero-order chi connectivity index (χ0) is 17.5. The Hall–Kier alpha value is -1.31. The smallest absolute Gasteiger partial charge is 0.251 e. The Balaban J connectivity index is 0.00000312. The lowest BCUT2D eigenvalue weighted by atomic mass is 10.00. The molecule has 140 valence electrons. The van der Waals surface area contributed by atoms with E-state index in [1.165, 1.54) is 12.8 Å². The number of carbonyl (C=O) groups is 1. The highest BCUT2D eigenvalue weighted by Gasteiger charge is 2.16. The summed E-state index contributed by atoms with van der Waals surface area (Å²) in [6.45, 7) is 8.87. The van der Waals surface area contributed by atoms with Gasteiger partial charge in [0.25, 0.3) is 5.91 Å². The van der Waals surface area contributed by atoms with Crippen LogP contribution in [0.2, 0.25) is 0 Å². The summed E-state index contributed by atoms with van der Waals surface area (Å²) in [5.41, 5.74) is 7.84. The van der Waals surface area contributed by atoms with Crippen LogP contribution in [-0.4, -0.2) is 35.9 Å². The van der Waals surface area contributed by atoms with Crippen LogP contribution in [0.4, 0.5) is 0 Å². The average Bonchev–Trinajstić information content (AvgIpc) is 2.60. The van der Waals surface area contributed by atoms with Crippen LogP contribution in [0.5, 0.6) is 0 Å². The number of nitrogens with one attached hydrogen (secondary N) is 1. The molecule has 0 bridgehead atoms. The van der Waals surface area contributed by atoms with Crippen molar-refractivity contribution in [2.75, 3.05) is 13.1 Å². The van der Waals surface area contributed by atoms with Crippen molar-refractivity contribution in [1.82, 2.24) is 10.2 Å². The Morgan fingerprint density at radius 1 is 1.32 bits per heavy atom. The van der Waals surface area contributed by atoms with Gasteiger partial charge in [0.1, 0.15) is 0 Å². The third-order valence-corrected chi connectivity index (χ3v) is 4.74. The van der Waals surface area contributed by atoms with Crippen molar-refractivity contribution in [2.24, 2.45) is 16.6 Å². The lowest BCUT2D eigenvalue weighted by Crippen LogP contribution is -2.42. The van der Waals surface area contributed by atoms with Crippen LogP contribution in [0.1, 0.15) is 56.0 Å². The topological polar surface area (TPSA) is 70.7 Å². The summed E-state index contributed by atoms with van der Waals surface area (Å²) in [6, 6.07) is 7.78. The van der Waals surface area contributed by atoms with Crippen molar-refractivity contribution in [1.29, 1.82) is 0 Å². The van der Waals surface area contributed by atoms with Crippen molar-refractivity contribution >= 4 is 35.8 Å². The van der Waals surface area contributed by atoms with E-state index in [0.717, 1.165) is 31.0 Å². The molecule has 0 saturated carbocycles. The highest BCUT2D eigenvalue weighted by atomic mass is 127. The molecule has 1 unspecified atom stereocenters. The number of halogens is 1. The second-order valence-corrected chi connectivity index (χ2v) is 6.82. The van der Waals surface area contributed by atoms with E-state index in [2.05, 4.69) is 29.1 Å². The molecule has 5 nitrogen and oxygen atoms in total. The lowest BCUT2D eigenvalue weighted by molar-refractivity contribution is 0.0939. The summed E-state index contributed by atoms with van der Waals surface area (Å²) in [4.78, 5) is 18.7. The molecule has 1 aromatic carbocycles. The number of piperidine rings is 1. The molecule has 1 heterocycles. The van der Waals surface area contributed by atoms with Gasteiger partial charge in [0, 0.05) is 24.7 Å². The van der Waals surface area contributed by atoms with Crippen LogP contribution in [0.15, 0.2) is 29.3 Å². The van der Waals surface area contributed by atoms with E-state index in [4.69, 9.17) is 5.73 Å². The largest absolute Gasteiger partial charge is 0.370 e. The number of amides is 1. The number of hydrogen-bond acceptors (Lipinski definition) is 2. The summed E-state index contributed by atoms with van der Waals surface area (Å²) < 4.78 is 0. The zero-order valence-electron chi connectivity index (χ0n) is 15.5. The fourth-order valence-electron chi connectivity index (χ4n) is 2.68. The summed E-state index contributed by atoms with van der Waals surface area (Å²) in [5.74, 6) is 1.38. The SMILES string of the molecule is CCC(C)NC(=O)c1ccc(CN=C(N)N2CCC(C)CC2)cc1.I. The number of benzene rings is 1. The first kappa shape index (κ1) is 21.7. The fraction of sp³-hybridized carbons (Fsp3) is 0.579. The molecule has 1 aliphatic rings. The predicted octanol–water partition coefficient (Wildman–Crippen LogP) is 3.38. The Morgan fingerprint density at radius 3 is 2.48 bits per heavy atom. The molecule has 0 spiro atoms. The van der Waals surface area contributed by atoms with Gasteiger partial charge < -0.3 is 16.0 Å². The van der Waals surface area contributed by atoms with E-state index < -0.39 is 0 Å². The first-order chi connectivity index (χ1) is 11.5. The Bertz CT molecular complexity index is 565. The second-order valence-electron chi connectivity index (χ2n) is 6.82. The molecular weight excluding hydrogens is 427 g/mol. The lowest BCUT2D eigenvalue weighted by Gasteiger charge is -2.31. The van der Waals surface area contributed by atoms with Gasteiger partial charge >= 0.3 is 0 Å². The van der Waals surface area contributed by atoms with Crippen molar-refractivity contribution in [3.8, 4) is 0 Å². The van der Waals surface area contributed by atoms with Crippen molar-refractivity contribution in [3.05, 3.63) is 35.4 Å². The normalized spacial score (nSPS) is 16.9. The molecule has 1 fully saturated rings. The molecule has 6 heteroatoms. The Kier molecular flexibility index (Phi) is 9.24. The van der Waals surface area contributed by atoms with E-state index in [0.29, 0.717) is 18.1 Å². The van der Waals surface area contributed by atoms with Gasteiger partial charge in [0.2, 0.25) is 0 Å². The van der Waals surface area contributed by atoms with Gasteiger partial charge in [-0.3, -0.25) is 4.79 Å². The monoisotopic (exact) mass is 458 g/mol. The molecule has 1 saturated heterocycles. The summed E-state index contributed by atoms with van der Waals surface area (Å²) >= 11 is 0. The molecule has 0 aromatic heterocycles. The molecule has 1 aromatic rings. The number of guanidine groups is 1. The van der Waals surface area contributed by atoms with E-state index in [-0.39, 0.29) is 35.9 Å². The van der Waals surface area contributed by atoms with Crippen LogP contribution < -0.4 is 11.1 Å². The van der Waals surface area contributed by atoms with E-state index in [1.807, 2.05) is 31.2 Å². The minimum absolute atomic E-state index is 0. The van der Waals surface area contributed by atoms with Crippen LogP contribution in [0.3, 0.4) is 0 Å². The highest BCUT2D eigenvalue weighted by molar-refractivity contribution is 14.0. The highest BCUT2D eigenvalue weighted by Crippen LogP contribution is 2.15. The van der Waals surface area contributed by atoms with Crippen molar-refractivity contribution in [2.45, 2.75) is 52.6 Å². The maximum absolute atomic E-state index is 12.1. The van der Waals surface area contributed by atoms with E-state index >= 15 is 0 Å². The second kappa shape index (κ2) is 10.6. The number of hydrogen-bond donors (Lipinski definition) is 2. The molecule has 0 radical (unpaired) electrons. The number of carbonyl (C=O) groups excluding carboxylic acids is 1. The van der Waals surface area contributed by atoms with Gasteiger partial charge in [-0.1, -0.05) is 26.0 Å². The molecule has 2 rings (SSSR count). The van der Waals surface area contributed by atoms with Gasteiger partial charge in [-0.15, -0.1) is 24.0 Å². The third-order valence-electron chi connectivity index (χ3n) is 4.74. The first-order valence-corrected chi connectivity index (χ1v) is 8.94. The van der Waals surface area contributed by atoms with Gasteiger partial charge in [-0.05, 0) is 49.8 Å². The Labute approximate surface area is 168 Å². The van der Waals surface area contributed by atoms with E-state index in [9.17, 15) is 4.79 Å². The van der Waals surface area contributed by atoms with Crippen molar-refractivity contribution < 1.29 is 4.79 Å². The summed E-state index contributed by atoms with van der Waals surface area (Å²) in [5, 5.41) is 2.97. The molecule has 25 heavy (non-hydrogen) atoms. The summed E-state index contributed by atoms with van der Waals surface area (Å²) in [6.07, 6.45) is 3.28. The number of rotatable bonds is 5. The number of likely N-dealkylation sites (tertiary alicyclic amines) is 1. The molecule has 1 aliphatic heterocycles. The van der Waals surface area contributed by atoms with E-state index in [1.54, 1.807) is 0 Å². The number of nitrogens with two attached hydrogens (primary N) is 1. The van der Waals surface area contributed by atoms with Gasteiger partial charge in [0.15, 0.2) is 5.96 Å². The van der Waals surface area contributed by atoms with Crippen LogP contribution in [0.25, 0.3) is 0 Å². The van der Waals surface area contributed by atoms with Crippen LogP contribution in [-0.2, 0) is 6.54 Å². The average molecular weight is 458 g/mol. The zero-order valence-corrected chi connectivity index (χ0v) is 17.8. The summed E-state index contributed by atoms with van der Waals surface area (Å²) in [7, 11) is 0. The van der Waals surface area contributed by atoms with Gasteiger partial charge in [-0.2, -0.15) is 0 Å². The minimum atomic E-state index is -0.0265. The van der Waals surface area contributed by atoms with Crippen LogP contribution in [0, 0.1) is 5.92 Å². The maximum Gasteiger partial charge on any atom is 0.251 e. The number of nitrogens with zero attached hydrogens (tertiary/aromatic N) is 2. The fourth-order valence-corrected chi connectivity index (χ4v) is 2.68. The van der Waals surface area contributed by atoms with Crippen LogP contribution >= 0.6 is 24.0 Å². The van der Waals surface area contributed by atoms with Gasteiger partial charge in [-0.25, -0.2) is 4.99 Å². The quantitative estimate of drug-likeness (QED) is 0.404. The van der Waals surface area contributed by atoms with Gasteiger partial charge in [0.05, 0.1) is 6.54 Å². The maximum atomic E-state index is 12.1.